The van der Waals surface area contributed by atoms with Crippen LogP contribution in [0.4, 0.5) is 16.3 Å². The number of anilines is 2. The molecule has 0 aliphatic rings. The van der Waals surface area contributed by atoms with Gasteiger partial charge in [-0.05, 0) is 39.3 Å². The van der Waals surface area contributed by atoms with Gasteiger partial charge < -0.3 is 21.1 Å². The SMILES string of the molecule is CC(C)(C)OC(=O)NCCCNc1nc(Cl)ccc1N. The summed E-state index contributed by atoms with van der Waals surface area (Å²) in [5.41, 5.74) is 5.80. The molecule has 0 atom stereocenters. The molecule has 0 saturated heterocycles. The summed E-state index contributed by atoms with van der Waals surface area (Å²) in [6.07, 6.45) is 0.297. The number of amides is 1. The van der Waals surface area contributed by atoms with Gasteiger partial charge in [0.25, 0.3) is 0 Å². The van der Waals surface area contributed by atoms with Crippen molar-refractivity contribution in [2.45, 2.75) is 32.8 Å². The van der Waals surface area contributed by atoms with Crippen LogP contribution < -0.4 is 16.4 Å². The van der Waals surface area contributed by atoms with E-state index in [-0.39, 0.29) is 0 Å². The molecule has 0 spiro atoms. The summed E-state index contributed by atoms with van der Waals surface area (Å²) in [6, 6.07) is 3.32. The minimum atomic E-state index is -0.485. The van der Waals surface area contributed by atoms with E-state index >= 15 is 0 Å². The molecular formula is C13H21ClN4O2. The van der Waals surface area contributed by atoms with E-state index in [1.807, 2.05) is 20.8 Å². The van der Waals surface area contributed by atoms with E-state index < -0.39 is 11.7 Å². The van der Waals surface area contributed by atoms with Gasteiger partial charge in [-0.25, -0.2) is 9.78 Å². The number of hydrogen-bond acceptors (Lipinski definition) is 5. The number of hydrogen-bond donors (Lipinski definition) is 3. The molecule has 20 heavy (non-hydrogen) atoms. The average Bonchev–Trinajstić information content (AvgIpc) is 2.30. The van der Waals surface area contributed by atoms with E-state index in [1.54, 1.807) is 12.1 Å². The number of nitrogen functional groups attached to an aromatic ring is 1. The normalized spacial score (nSPS) is 11.0. The highest BCUT2D eigenvalue weighted by atomic mass is 35.5. The Hall–Kier alpha value is -1.69. The number of nitrogens with one attached hydrogen (secondary N) is 2. The second-order valence-corrected chi connectivity index (χ2v) is 5.67. The molecule has 0 aromatic carbocycles. The Bertz CT molecular complexity index is 460. The molecule has 7 heteroatoms. The van der Waals surface area contributed by atoms with Crippen molar-refractivity contribution in [3.8, 4) is 0 Å². The van der Waals surface area contributed by atoms with E-state index in [4.69, 9.17) is 22.1 Å². The number of nitrogens with two attached hydrogens (primary N) is 1. The van der Waals surface area contributed by atoms with Crippen molar-refractivity contribution in [3.63, 3.8) is 0 Å². The van der Waals surface area contributed by atoms with Crippen LogP contribution in [0.2, 0.25) is 5.15 Å². The van der Waals surface area contributed by atoms with Crippen molar-refractivity contribution in [2.24, 2.45) is 0 Å². The van der Waals surface area contributed by atoms with E-state index in [1.165, 1.54) is 0 Å². The number of aromatic nitrogens is 1. The smallest absolute Gasteiger partial charge is 0.407 e. The van der Waals surface area contributed by atoms with Crippen LogP contribution in [0.5, 0.6) is 0 Å². The molecule has 4 N–H and O–H groups in total. The fourth-order valence-electron chi connectivity index (χ4n) is 1.39. The Kier molecular flexibility index (Phi) is 5.88. The number of halogens is 1. The molecular weight excluding hydrogens is 280 g/mol. The summed E-state index contributed by atoms with van der Waals surface area (Å²) in [5, 5.41) is 6.12. The molecule has 0 bridgehead atoms. The Morgan fingerprint density at radius 3 is 2.75 bits per heavy atom. The first-order chi connectivity index (χ1) is 9.28. The molecule has 0 radical (unpaired) electrons. The highest BCUT2D eigenvalue weighted by Crippen LogP contribution is 2.17. The van der Waals surface area contributed by atoms with Crippen molar-refractivity contribution in [1.82, 2.24) is 10.3 Å². The molecule has 0 unspecified atom stereocenters. The highest BCUT2D eigenvalue weighted by Gasteiger charge is 2.15. The minimum Gasteiger partial charge on any atom is -0.444 e. The van der Waals surface area contributed by atoms with Crippen LogP contribution in [0.3, 0.4) is 0 Å². The van der Waals surface area contributed by atoms with Gasteiger partial charge in [0.05, 0.1) is 5.69 Å². The fraction of sp³-hybridized carbons (Fsp3) is 0.538. The van der Waals surface area contributed by atoms with Crippen molar-refractivity contribution >= 4 is 29.2 Å². The van der Waals surface area contributed by atoms with Crippen LogP contribution in [-0.4, -0.2) is 29.8 Å². The highest BCUT2D eigenvalue weighted by molar-refractivity contribution is 6.29. The lowest BCUT2D eigenvalue weighted by Crippen LogP contribution is -2.33. The summed E-state index contributed by atoms with van der Waals surface area (Å²) < 4.78 is 5.12. The third-order valence-corrected chi connectivity index (χ3v) is 2.42. The van der Waals surface area contributed by atoms with Gasteiger partial charge in [0.1, 0.15) is 10.8 Å². The fourth-order valence-corrected chi connectivity index (χ4v) is 1.54. The van der Waals surface area contributed by atoms with E-state index in [0.29, 0.717) is 36.2 Å². The molecule has 0 aliphatic heterocycles. The monoisotopic (exact) mass is 300 g/mol. The molecule has 6 nitrogen and oxygen atoms in total. The summed E-state index contributed by atoms with van der Waals surface area (Å²) in [7, 11) is 0. The number of ether oxygens (including phenoxy) is 1. The van der Waals surface area contributed by atoms with Gasteiger partial charge in [-0.15, -0.1) is 0 Å². The molecule has 0 aliphatic carbocycles. The molecule has 1 rings (SSSR count). The minimum absolute atomic E-state index is 0.383. The van der Waals surface area contributed by atoms with Gasteiger partial charge in [-0.2, -0.15) is 0 Å². The predicted octanol–water partition coefficient (Wildman–Crippen LogP) is 2.64. The Morgan fingerprint density at radius 1 is 1.40 bits per heavy atom. The molecule has 1 aromatic heterocycles. The first-order valence-corrected chi connectivity index (χ1v) is 6.78. The van der Waals surface area contributed by atoms with Crippen LogP contribution in [-0.2, 0) is 4.74 Å². The number of carbonyl (C=O) groups is 1. The third-order valence-electron chi connectivity index (χ3n) is 2.21. The lowest BCUT2D eigenvalue weighted by Gasteiger charge is -2.19. The van der Waals surface area contributed by atoms with Gasteiger partial charge >= 0.3 is 6.09 Å². The summed E-state index contributed by atoms with van der Waals surface area (Å²) >= 11 is 5.78. The third kappa shape index (κ3) is 6.47. The Labute approximate surface area is 124 Å². The van der Waals surface area contributed by atoms with Crippen molar-refractivity contribution in [2.75, 3.05) is 24.1 Å². The van der Waals surface area contributed by atoms with Gasteiger partial charge in [0.2, 0.25) is 0 Å². The second-order valence-electron chi connectivity index (χ2n) is 5.28. The number of carbonyl (C=O) groups excluding carboxylic acids is 1. The van der Waals surface area contributed by atoms with E-state index in [0.717, 1.165) is 0 Å². The van der Waals surface area contributed by atoms with Gasteiger partial charge in [-0.3, -0.25) is 0 Å². The van der Waals surface area contributed by atoms with Crippen LogP contribution in [0.25, 0.3) is 0 Å². The zero-order valence-corrected chi connectivity index (χ0v) is 12.8. The lowest BCUT2D eigenvalue weighted by molar-refractivity contribution is 0.0528. The molecule has 1 amide bonds. The first kappa shape index (κ1) is 16.4. The Morgan fingerprint density at radius 2 is 2.10 bits per heavy atom. The maximum Gasteiger partial charge on any atom is 0.407 e. The van der Waals surface area contributed by atoms with Crippen LogP contribution in [0.1, 0.15) is 27.2 Å². The van der Waals surface area contributed by atoms with Gasteiger partial charge in [0.15, 0.2) is 5.82 Å². The summed E-state index contributed by atoms with van der Waals surface area (Å²) in [6.45, 7) is 6.58. The number of rotatable bonds is 5. The standard InChI is InChI=1S/C13H21ClN4O2/c1-13(2,3)20-12(19)17-8-4-7-16-11-9(15)5-6-10(14)18-11/h5-6H,4,7-8,15H2,1-3H3,(H,16,18)(H,17,19). The maximum absolute atomic E-state index is 11.4. The number of pyridine rings is 1. The quantitative estimate of drug-likeness (QED) is 0.574. The molecule has 112 valence electrons. The van der Waals surface area contributed by atoms with Crippen LogP contribution >= 0.6 is 11.6 Å². The van der Waals surface area contributed by atoms with Crippen molar-refractivity contribution < 1.29 is 9.53 Å². The van der Waals surface area contributed by atoms with Gasteiger partial charge in [0, 0.05) is 13.1 Å². The second kappa shape index (κ2) is 7.19. The summed E-state index contributed by atoms with van der Waals surface area (Å²) in [5.74, 6) is 0.551. The van der Waals surface area contributed by atoms with Crippen molar-refractivity contribution in [1.29, 1.82) is 0 Å². The predicted molar refractivity (Wildman–Crippen MR) is 81.0 cm³/mol. The molecule has 1 aromatic rings. The first-order valence-electron chi connectivity index (χ1n) is 6.41. The number of nitrogens with zero attached hydrogens (tertiary/aromatic N) is 1. The average molecular weight is 301 g/mol. The van der Waals surface area contributed by atoms with E-state index in [9.17, 15) is 4.79 Å². The van der Waals surface area contributed by atoms with Crippen LogP contribution in [0.15, 0.2) is 12.1 Å². The van der Waals surface area contributed by atoms with Crippen LogP contribution in [0, 0.1) is 0 Å². The van der Waals surface area contributed by atoms with Gasteiger partial charge in [-0.1, -0.05) is 11.6 Å². The molecule has 0 fully saturated rings. The zero-order valence-electron chi connectivity index (χ0n) is 12.0. The summed E-state index contributed by atoms with van der Waals surface area (Å²) in [4.78, 5) is 15.5. The topological polar surface area (TPSA) is 89.3 Å². The largest absolute Gasteiger partial charge is 0.444 e. The number of alkyl carbamates (subject to hydrolysis) is 1. The molecule has 1 heterocycles. The lowest BCUT2D eigenvalue weighted by atomic mass is 10.2. The molecule has 0 saturated carbocycles. The maximum atomic E-state index is 11.4. The Balaban J connectivity index is 2.22. The van der Waals surface area contributed by atoms with Crippen molar-refractivity contribution in [3.05, 3.63) is 17.3 Å². The van der Waals surface area contributed by atoms with E-state index in [2.05, 4.69) is 15.6 Å². The zero-order chi connectivity index (χ0) is 15.2.